The van der Waals surface area contributed by atoms with Crippen LogP contribution in [-0.2, 0) is 9.53 Å². The highest BCUT2D eigenvalue weighted by molar-refractivity contribution is 5.75. The van der Waals surface area contributed by atoms with Gasteiger partial charge in [0.2, 0.25) is 5.95 Å². The summed E-state index contributed by atoms with van der Waals surface area (Å²) in [4.78, 5) is 21.0. The first-order valence-electron chi connectivity index (χ1n) is 4.99. The predicted octanol–water partition coefficient (Wildman–Crippen LogP) is 0.367. The van der Waals surface area contributed by atoms with E-state index in [1.54, 1.807) is 11.0 Å². The summed E-state index contributed by atoms with van der Waals surface area (Å²) in [5.74, 6) is 0.535. The van der Waals surface area contributed by atoms with Gasteiger partial charge in [-0.15, -0.1) is 0 Å². The lowest BCUT2D eigenvalue weighted by Gasteiger charge is -2.20. The van der Waals surface area contributed by atoms with E-state index in [-0.39, 0.29) is 18.5 Å². The largest absolute Gasteiger partial charge is 0.468 e. The van der Waals surface area contributed by atoms with Crippen LogP contribution in [0.5, 0.6) is 0 Å². The SMILES string of the molecule is CCN(CC(=O)OC)c1cc(C)nc(N)n1. The van der Waals surface area contributed by atoms with Crippen molar-refractivity contribution in [2.24, 2.45) is 0 Å². The summed E-state index contributed by atoms with van der Waals surface area (Å²) in [5.41, 5.74) is 6.32. The van der Waals surface area contributed by atoms with Crippen molar-refractivity contribution >= 4 is 17.7 Å². The van der Waals surface area contributed by atoms with Crippen LogP contribution < -0.4 is 10.6 Å². The van der Waals surface area contributed by atoms with Gasteiger partial charge in [0.25, 0.3) is 0 Å². The van der Waals surface area contributed by atoms with E-state index >= 15 is 0 Å². The van der Waals surface area contributed by atoms with Crippen LogP contribution in [0.3, 0.4) is 0 Å². The van der Waals surface area contributed by atoms with Gasteiger partial charge in [-0.2, -0.15) is 4.98 Å². The summed E-state index contributed by atoms with van der Waals surface area (Å²) in [6, 6.07) is 1.78. The van der Waals surface area contributed by atoms with Crippen molar-refractivity contribution in [3.63, 3.8) is 0 Å². The van der Waals surface area contributed by atoms with E-state index in [0.717, 1.165) is 5.69 Å². The van der Waals surface area contributed by atoms with Crippen molar-refractivity contribution in [2.45, 2.75) is 13.8 Å². The fourth-order valence-electron chi connectivity index (χ4n) is 1.31. The molecular weight excluding hydrogens is 208 g/mol. The Bertz CT molecular complexity index is 361. The molecule has 0 atom stereocenters. The third-order valence-corrected chi connectivity index (χ3v) is 2.11. The van der Waals surface area contributed by atoms with Crippen molar-refractivity contribution in [1.29, 1.82) is 0 Å². The molecule has 0 saturated carbocycles. The highest BCUT2D eigenvalue weighted by atomic mass is 16.5. The minimum atomic E-state index is -0.309. The number of esters is 1. The molecular formula is C10H16N4O2. The number of rotatable bonds is 4. The van der Waals surface area contributed by atoms with Crippen LogP contribution in [0.15, 0.2) is 6.07 Å². The van der Waals surface area contributed by atoms with Crippen LogP contribution in [-0.4, -0.2) is 36.1 Å². The van der Waals surface area contributed by atoms with E-state index in [2.05, 4.69) is 14.7 Å². The molecule has 1 heterocycles. The molecule has 0 radical (unpaired) electrons. The van der Waals surface area contributed by atoms with Crippen LogP contribution in [0.4, 0.5) is 11.8 Å². The summed E-state index contributed by atoms with van der Waals surface area (Å²) in [6.07, 6.45) is 0. The third-order valence-electron chi connectivity index (χ3n) is 2.11. The second-order valence-corrected chi connectivity index (χ2v) is 3.32. The average molecular weight is 224 g/mol. The van der Waals surface area contributed by atoms with Crippen molar-refractivity contribution in [3.05, 3.63) is 11.8 Å². The third kappa shape index (κ3) is 3.08. The molecule has 0 aliphatic carbocycles. The van der Waals surface area contributed by atoms with Gasteiger partial charge >= 0.3 is 5.97 Å². The standard InChI is InChI=1S/C10H16N4O2/c1-4-14(6-9(15)16-3)8-5-7(2)12-10(11)13-8/h5H,4,6H2,1-3H3,(H2,11,12,13). The monoisotopic (exact) mass is 224 g/mol. The Kier molecular flexibility index (Phi) is 4.04. The van der Waals surface area contributed by atoms with Crippen LogP contribution in [0.1, 0.15) is 12.6 Å². The van der Waals surface area contributed by atoms with E-state index in [9.17, 15) is 4.79 Å². The van der Waals surface area contributed by atoms with E-state index < -0.39 is 0 Å². The molecule has 6 heteroatoms. The van der Waals surface area contributed by atoms with Gasteiger partial charge in [-0.25, -0.2) is 4.98 Å². The van der Waals surface area contributed by atoms with Gasteiger partial charge in [-0.3, -0.25) is 4.79 Å². The second-order valence-electron chi connectivity index (χ2n) is 3.32. The molecule has 16 heavy (non-hydrogen) atoms. The summed E-state index contributed by atoms with van der Waals surface area (Å²) in [7, 11) is 1.36. The maximum absolute atomic E-state index is 11.2. The van der Waals surface area contributed by atoms with Gasteiger partial charge in [-0.05, 0) is 13.8 Å². The molecule has 0 aliphatic rings. The minimum Gasteiger partial charge on any atom is -0.468 e. The molecule has 0 amide bonds. The number of methoxy groups -OCH3 is 1. The number of likely N-dealkylation sites (N-methyl/N-ethyl adjacent to an activating group) is 1. The summed E-state index contributed by atoms with van der Waals surface area (Å²) < 4.78 is 4.61. The van der Waals surface area contributed by atoms with Crippen molar-refractivity contribution in [1.82, 2.24) is 9.97 Å². The zero-order chi connectivity index (χ0) is 12.1. The Morgan fingerprint density at radius 3 is 2.75 bits per heavy atom. The van der Waals surface area contributed by atoms with Crippen LogP contribution in [0.25, 0.3) is 0 Å². The Labute approximate surface area is 94.4 Å². The maximum atomic E-state index is 11.2. The molecule has 2 N–H and O–H groups in total. The average Bonchev–Trinajstić information content (AvgIpc) is 2.24. The fourth-order valence-corrected chi connectivity index (χ4v) is 1.31. The highest BCUT2D eigenvalue weighted by Gasteiger charge is 2.12. The number of nitrogens with two attached hydrogens (primary N) is 1. The molecule has 88 valence electrons. The first kappa shape index (κ1) is 12.2. The number of hydrogen-bond acceptors (Lipinski definition) is 6. The molecule has 0 aliphatic heterocycles. The molecule has 0 bridgehead atoms. The van der Waals surface area contributed by atoms with Gasteiger partial charge in [0.05, 0.1) is 7.11 Å². The van der Waals surface area contributed by atoms with Gasteiger partial charge < -0.3 is 15.4 Å². The van der Waals surface area contributed by atoms with E-state index in [4.69, 9.17) is 5.73 Å². The number of carbonyl (C=O) groups is 1. The lowest BCUT2D eigenvalue weighted by atomic mass is 10.4. The summed E-state index contributed by atoms with van der Waals surface area (Å²) in [6.45, 7) is 4.55. The Morgan fingerprint density at radius 2 is 2.25 bits per heavy atom. The van der Waals surface area contributed by atoms with E-state index in [1.165, 1.54) is 7.11 Å². The number of nitrogens with zero attached hydrogens (tertiary/aromatic N) is 3. The number of aromatic nitrogens is 2. The quantitative estimate of drug-likeness (QED) is 0.744. The van der Waals surface area contributed by atoms with Gasteiger partial charge in [0, 0.05) is 18.3 Å². The molecule has 0 aromatic carbocycles. The Balaban J connectivity index is 2.90. The second kappa shape index (κ2) is 5.29. The summed E-state index contributed by atoms with van der Waals surface area (Å²) >= 11 is 0. The van der Waals surface area contributed by atoms with Gasteiger partial charge in [0.1, 0.15) is 12.4 Å². The molecule has 1 aromatic rings. The fraction of sp³-hybridized carbons (Fsp3) is 0.500. The lowest BCUT2D eigenvalue weighted by molar-refractivity contribution is -0.138. The van der Waals surface area contributed by atoms with Crippen molar-refractivity contribution < 1.29 is 9.53 Å². The van der Waals surface area contributed by atoms with E-state index in [1.807, 2.05) is 13.8 Å². The Morgan fingerprint density at radius 1 is 1.56 bits per heavy atom. The molecule has 1 aromatic heterocycles. The first-order valence-corrected chi connectivity index (χ1v) is 4.99. The number of anilines is 2. The van der Waals surface area contributed by atoms with Gasteiger partial charge in [-0.1, -0.05) is 0 Å². The number of aryl methyl sites for hydroxylation is 1. The number of carbonyl (C=O) groups excluding carboxylic acids is 1. The summed E-state index contributed by atoms with van der Waals surface area (Å²) in [5, 5.41) is 0. The van der Waals surface area contributed by atoms with Crippen LogP contribution >= 0.6 is 0 Å². The first-order chi connectivity index (χ1) is 7.56. The lowest BCUT2D eigenvalue weighted by Crippen LogP contribution is -2.31. The topological polar surface area (TPSA) is 81.3 Å². The van der Waals surface area contributed by atoms with Crippen molar-refractivity contribution in [3.8, 4) is 0 Å². The number of nitrogen functional groups attached to an aromatic ring is 1. The molecule has 1 rings (SSSR count). The smallest absolute Gasteiger partial charge is 0.325 e. The van der Waals surface area contributed by atoms with E-state index in [0.29, 0.717) is 12.4 Å². The van der Waals surface area contributed by atoms with Crippen molar-refractivity contribution in [2.75, 3.05) is 30.8 Å². The Hall–Kier alpha value is -1.85. The maximum Gasteiger partial charge on any atom is 0.325 e. The predicted molar refractivity (Wildman–Crippen MR) is 61.1 cm³/mol. The highest BCUT2D eigenvalue weighted by Crippen LogP contribution is 2.12. The van der Waals surface area contributed by atoms with Gasteiger partial charge in [0.15, 0.2) is 0 Å². The molecule has 0 spiro atoms. The molecule has 6 nitrogen and oxygen atoms in total. The zero-order valence-corrected chi connectivity index (χ0v) is 9.73. The van der Waals surface area contributed by atoms with Crippen LogP contribution in [0.2, 0.25) is 0 Å². The number of hydrogen-bond donors (Lipinski definition) is 1. The minimum absolute atomic E-state index is 0.156. The molecule has 0 unspecified atom stereocenters. The molecule has 0 fully saturated rings. The van der Waals surface area contributed by atoms with Crippen LogP contribution in [0, 0.1) is 6.92 Å². The number of ether oxygens (including phenoxy) is 1. The normalized spacial score (nSPS) is 9.94. The molecule has 0 saturated heterocycles. The zero-order valence-electron chi connectivity index (χ0n) is 9.73.